The Morgan fingerprint density at radius 1 is 0.931 bits per heavy atom. The van der Waals surface area contributed by atoms with E-state index >= 15 is 0 Å². The molecule has 0 bridgehead atoms. The first kappa shape index (κ1) is 20.5. The second-order valence-electron chi connectivity index (χ2n) is 8.02. The van der Waals surface area contributed by atoms with Crippen molar-refractivity contribution in [1.82, 2.24) is 14.1 Å². The summed E-state index contributed by atoms with van der Waals surface area (Å²) in [5.74, 6) is 0. The average Bonchev–Trinajstić information content (AvgIpc) is 3.09. The van der Waals surface area contributed by atoms with Gasteiger partial charge in [0.05, 0.1) is 11.0 Å². The molecule has 4 rings (SSSR count). The van der Waals surface area contributed by atoms with Gasteiger partial charge in [-0.15, -0.1) is 0 Å². The summed E-state index contributed by atoms with van der Waals surface area (Å²) in [6.45, 7) is 6.33. The minimum absolute atomic E-state index is 0.0574. The fourth-order valence-electron chi connectivity index (χ4n) is 4.44. The van der Waals surface area contributed by atoms with Crippen LogP contribution in [0.3, 0.4) is 0 Å². The minimum atomic E-state index is -3.47. The van der Waals surface area contributed by atoms with Crippen LogP contribution in [0.2, 0.25) is 0 Å². The summed E-state index contributed by atoms with van der Waals surface area (Å²) < 4.78 is 27.6. The first-order valence-corrected chi connectivity index (χ1v) is 11.6. The molecule has 0 spiro atoms. The summed E-state index contributed by atoms with van der Waals surface area (Å²) in [7, 11) is -3.47. The van der Waals surface area contributed by atoms with Crippen LogP contribution in [-0.2, 0) is 16.6 Å². The van der Waals surface area contributed by atoms with Crippen LogP contribution in [0.15, 0.2) is 59.5 Å². The number of sulfonamides is 1. The standard InChI is InChI=1S/C22H29N3O3S/c1-18-7-5-6-10-22(18)29(27,28)25-13-11-24(12-14-25)20-16-23(17-21(20)26)15-19-8-3-2-4-9-19/h2-10,20-21,26H,11-17H2,1H3/t20-,21-/m0/s1. The molecule has 7 heteroatoms. The largest absolute Gasteiger partial charge is 0.390 e. The number of aliphatic hydroxyl groups is 1. The van der Waals surface area contributed by atoms with Crippen molar-refractivity contribution in [3.63, 3.8) is 0 Å². The molecule has 2 atom stereocenters. The zero-order valence-corrected chi connectivity index (χ0v) is 17.6. The lowest BCUT2D eigenvalue weighted by Crippen LogP contribution is -2.54. The van der Waals surface area contributed by atoms with Crippen molar-refractivity contribution < 1.29 is 13.5 Å². The van der Waals surface area contributed by atoms with Gasteiger partial charge in [-0.05, 0) is 24.1 Å². The van der Waals surface area contributed by atoms with E-state index in [4.69, 9.17) is 0 Å². The summed E-state index contributed by atoms with van der Waals surface area (Å²) in [6, 6.07) is 17.5. The maximum absolute atomic E-state index is 13.0. The number of likely N-dealkylation sites (tertiary alicyclic amines) is 1. The highest BCUT2D eigenvalue weighted by Gasteiger charge is 2.38. The summed E-state index contributed by atoms with van der Waals surface area (Å²) >= 11 is 0. The van der Waals surface area contributed by atoms with Gasteiger partial charge in [0, 0.05) is 51.9 Å². The van der Waals surface area contributed by atoms with E-state index in [1.54, 1.807) is 16.4 Å². The second kappa shape index (κ2) is 8.53. The highest BCUT2D eigenvalue weighted by molar-refractivity contribution is 7.89. The quantitative estimate of drug-likeness (QED) is 0.803. The van der Waals surface area contributed by atoms with Crippen molar-refractivity contribution in [1.29, 1.82) is 0 Å². The van der Waals surface area contributed by atoms with Crippen molar-refractivity contribution in [3.8, 4) is 0 Å². The van der Waals surface area contributed by atoms with E-state index in [0.717, 1.165) is 18.7 Å². The highest BCUT2D eigenvalue weighted by atomic mass is 32.2. The number of nitrogens with zero attached hydrogens (tertiary/aromatic N) is 3. The molecule has 2 aliphatic heterocycles. The first-order valence-electron chi connectivity index (χ1n) is 10.2. The van der Waals surface area contributed by atoms with Gasteiger partial charge in [-0.1, -0.05) is 48.5 Å². The Bertz CT molecular complexity index is 927. The van der Waals surface area contributed by atoms with Crippen molar-refractivity contribution in [3.05, 3.63) is 65.7 Å². The molecular weight excluding hydrogens is 386 g/mol. The minimum Gasteiger partial charge on any atom is -0.390 e. The fraction of sp³-hybridized carbons (Fsp3) is 0.455. The Hall–Kier alpha value is -1.77. The van der Waals surface area contributed by atoms with Crippen LogP contribution >= 0.6 is 0 Å². The molecule has 0 saturated carbocycles. The lowest BCUT2D eigenvalue weighted by Gasteiger charge is -2.38. The smallest absolute Gasteiger partial charge is 0.243 e. The number of aliphatic hydroxyl groups excluding tert-OH is 1. The predicted molar refractivity (Wildman–Crippen MR) is 113 cm³/mol. The third-order valence-corrected chi connectivity index (χ3v) is 8.10. The Labute approximate surface area is 173 Å². The van der Waals surface area contributed by atoms with Crippen LogP contribution in [0.1, 0.15) is 11.1 Å². The number of aryl methyl sites for hydroxylation is 1. The summed E-state index contributed by atoms with van der Waals surface area (Å²) in [5.41, 5.74) is 2.02. The van der Waals surface area contributed by atoms with Crippen LogP contribution in [0.5, 0.6) is 0 Å². The van der Waals surface area contributed by atoms with Gasteiger partial charge >= 0.3 is 0 Å². The van der Waals surface area contributed by atoms with Crippen molar-refractivity contribution >= 4 is 10.0 Å². The predicted octanol–water partition coefficient (Wildman–Crippen LogP) is 1.55. The van der Waals surface area contributed by atoms with Gasteiger partial charge in [-0.2, -0.15) is 4.31 Å². The van der Waals surface area contributed by atoms with E-state index in [1.165, 1.54) is 5.56 Å². The van der Waals surface area contributed by atoms with Gasteiger partial charge in [0.2, 0.25) is 10.0 Å². The second-order valence-corrected chi connectivity index (χ2v) is 9.93. The Morgan fingerprint density at radius 3 is 2.28 bits per heavy atom. The molecule has 0 aromatic heterocycles. The zero-order chi connectivity index (χ0) is 20.4. The number of benzene rings is 2. The van der Waals surface area contributed by atoms with Crippen LogP contribution in [0.25, 0.3) is 0 Å². The monoisotopic (exact) mass is 415 g/mol. The lowest BCUT2D eigenvalue weighted by atomic mass is 10.1. The van der Waals surface area contributed by atoms with E-state index in [9.17, 15) is 13.5 Å². The number of piperazine rings is 1. The third kappa shape index (κ3) is 4.39. The van der Waals surface area contributed by atoms with Crippen LogP contribution in [0.4, 0.5) is 0 Å². The van der Waals surface area contributed by atoms with Crippen LogP contribution in [-0.4, -0.2) is 79.0 Å². The summed E-state index contributed by atoms with van der Waals surface area (Å²) in [6.07, 6.45) is -0.404. The SMILES string of the molecule is Cc1ccccc1S(=O)(=O)N1CCN([C@H]2CN(Cc3ccccc3)C[C@@H]2O)CC1. The molecule has 2 fully saturated rings. The third-order valence-electron chi connectivity index (χ3n) is 6.04. The molecular formula is C22H29N3O3S. The van der Waals surface area contributed by atoms with Crippen LogP contribution < -0.4 is 0 Å². The molecule has 0 aliphatic carbocycles. The maximum Gasteiger partial charge on any atom is 0.243 e. The summed E-state index contributed by atoms with van der Waals surface area (Å²) in [5, 5.41) is 10.6. The molecule has 0 unspecified atom stereocenters. The lowest BCUT2D eigenvalue weighted by molar-refractivity contribution is 0.0618. The highest BCUT2D eigenvalue weighted by Crippen LogP contribution is 2.24. The molecule has 1 N–H and O–H groups in total. The van der Waals surface area contributed by atoms with Gasteiger partial charge in [0.15, 0.2) is 0 Å². The number of hydrogen-bond acceptors (Lipinski definition) is 5. The molecule has 2 aromatic rings. The van der Waals surface area contributed by atoms with Gasteiger partial charge in [0.1, 0.15) is 0 Å². The van der Waals surface area contributed by atoms with Crippen molar-refractivity contribution in [2.75, 3.05) is 39.3 Å². The number of β-amino-alcohol motifs (C(OH)–C–C–N with tert-alkyl or cyclic N) is 1. The van der Waals surface area contributed by atoms with E-state index < -0.39 is 16.1 Å². The van der Waals surface area contributed by atoms with Gasteiger partial charge in [-0.25, -0.2) is 8.42 Å². The maximum atomic E-state index is 13.0. The Morgan fingerprint density at radius 2 is 1.59 bits per heavy atom. The van der Waals surface area contributed by atoms with Crippen molar-refractivity contribution in [2.45, 2.75) is 30.5 Å². The van der Waals surface area contributed by atoms with Crippen molar-refractivity contribution in [2.24, 2.45) is 0 Å². The van der Waals surface area contributed by atoms with E-state index in [2.05, 4.69) is 21.9 Å². The molecule has 0 radical (unpaired) electrons. The Balaban J connectivity index is 1.36. The molecule has 6 nitrogen and oxygen atoms in total. The normalized spacial score (nSPS) is 24.8. The molecule has 156 valence electrons. The fourth-order valence-corrected chi connectivity index (χ4v) is 6.08. The number of hydrogen-bond donors (Lipinski definition) is 1. The number of rotatable bonds is 5. The van der Waals surface area contributed by atoms with Gasteiger partial charge < -0.3 is 5.11 Å². The topological polar surface area (TPSA) is 64.1 Å². The summed E-state index contributed by atoms with van der Waals surface area (Å²) in [4.78, 5) is 4.92. The molecule has 0 amide bonds. The van der Waals surface area contributed by atoms with E-state index in [-0.39, 0.29) is 6.04 Å². The molecule has 2 aliphatic rings. The molecule has 2 saturated heterocycles. The van der Waals surface area contributed by atoms with Gasteiger partial charge in [0.25, 0.3) is 0 Å². The van der Waals surface area contributed by atoms with Crippen LogP contribution in [0, 0.1) is 6.92 Å². The first-order chi connectivity index (χ1) is 13.9. The van der Waals surface area contributed by atoms with E-state index in [1.807, 2.05) is 37.3 Å². The zero-order valence-electron chi connectivity index (χ0n) is 16.8. The molecule has 2 aromatic carbocycles. The molecule has 29 heavy (non-hydrogen) atoms. The molecule has 2 heterocycles. The van der Waals surface area contributed by atoms with E-state index in [0.29, 0.717) is 37.6 Å². The average molecular weight is 416 g/mol. The Kier molecular flexibility index (Phi) is 6.03. The van der Waals surface area contributed by atoms with Gasteiger partial charge in [-0.3, -0.25) is 9.80 Å².